The van der Waals surface area contributed by atoms with Crippen molar-refractivity contribution in [2.45, 2.75) is 37.4 Å². The SMILES string of the molecule is CCC(c1cccc(-c2nc(C3CCNCC3)sc2-c2ccnc(NC)n2)c1F)S(N)(=O)=O.Cl. The van der Waals surface area contributed by atoms with E-state index in [9.17, 15) is 8.42 Å². The second-order valence-corrected chi connectivity index (χ2v) is 10.7. The molecular formula is C22H28ClFN6O2S2. The van der Waals surface area contributed by atoms with Crippen LogP contribution in [0.1, 0.15) is 47.9 Å². The van der Waals surface area contributed by atoms with E-state index in [1.54, 1.807) is 38.4 Å². The number of nitrogens with two attached hydrogens (primary N) is 1. The average Bonchev–Trinajstić information content (AvgIpc) is 3.26. The minimum atomic E-state index is -3.97. The van der Waals surface area contributed by atoms with Crippen molar-refractivity contribution in [2.75, 3.05) is 25.5 Å². The first kappa shape index (κ1) is 26.4. The van der Waals surface area contributed by atoms with Crippen LogP contribution in [0.15, 0.2) is 30.5 Å². The first-order valence-electron chi connectivity index (χ1n) is 10.9. The summed E-state index contributed by atoms with van der Waals surface area (Å²) in [5, 5.41) is 11.5. The maximum atomic E-state index is 15.8. The highest BCUT2D eigenvalue weighted by Gasteiger charge is 2.29. The molecule has 1 atom stereocenters. The number of hydrogen-bond acceptors (Lipinski definition) is 8. The molecule has 3 heterocycles. The van der Waals surface area contributed by atoms with E-state index in [0.29, 0.717) is 17.3 Å². The minimum absolute atomic E-state index is 0. The van der Waals surface area contributed by atoms with Gasteiger partial charge in [-0.15, -0.1) is 23.7 Å². The van der Waals surface area contributed by atoms with E-state index >= 15 is 4.39 Å². The molecule has 0 radical (unpaired) electrons. The predicted molar refractivity (Wildman–Crippen MR) is 136 cm³/mol. The second kappa shape index (κ2) is 11.0. The monoisotopic (exact) mass is 526 g/mol. The van der Waals surface area contributed by atoms with E-state index in [1.807, 2.05) is 0 Å². The quantitative estimate of drug-likeness (QED) is 0.424. The Balaban J connectivity index is 0.00000324. The number of piperidine rings is 1. The van der Waals surface area contributed by atoms with Gasteiger partial charge in [0.1, 0.15) is 11.1 Å². The molecule has 3 aromatic rings. The van der Waals surface area contributed by atoms with E-state index in [4.69, 9.17) is 10.1 Å². The van der Waals surface area contributed by atoms with Crippen LogP contribution in [0.5, 0.6) is 0 Å². The normalized spacial score (nSPS) is 15.5. The number of aromatic nitrogens is 3. The number of hydrogen-bond donors (Lipinski definition) is 3. The molecule has 1 unspecified atom stereocenters. The molecule has 1 fully saturated rings. The first-order chi connectivity index (χ1) is 15.8. The van der Waals surface area contributed by atoms with E-state index < -0.39 is 21.1 Å². The number of halogens is 2. The molecule has 1 aromatic carbocycles. The Kier molecular flexibility index (Phi) is 8.58. The molecule has 0 bridgehead atoms. The molecule has 1 saturated heterocycles. The van der Waals surface area contributed by atoms with Crippen LogP contribution in [0, 0.1) is 5.82 Å². The van der Waals surface area contributed by atoms with Crippen LogP contribution >= 0.6 is 23.7 Å². The topological polar surface area (TPSA) is 123 Å². The molecule has 0 aliphatic carbocycles. The number of nitrogens with zero attached hydrogens (tertiary/aromatic N) is 3. The maximum absolute atomic E-state index is 15.8. The summed E-state index contributed by atoms with van der Waals surface area (Å²) in [7, 11) is -2.24. The van der Waals surface area contributed by atoms with E-state index in [2.05, 4.69) is 20.6 Å². The highest BCUT2D eigenvalue weighted by Crippen LogP contribution is 2.42. The fourth-order valence-electron chi connectivity index (χ4n) is 4.15. The summed E-state index contributed by atoms with van der Waals surface area (Å²) in [4.78, 5) is 14.3. The Labute approximate surface area is 209 Å². The van der Waals surface area contributed by atoms with Crippen molar-refractivity contribution in [3.8, 4) is 21.8 Å². The molecule has 1 aliphatic rings. The highest BCUT2D eigenvalue weighted by molar-refractivity contribution is 7.89. The van der Waals surface area contributed by atoms with Gasteiger partial charge in [0, 0.05) is 30.3 Å². The molecule has 12 heteroatoms. The van der Waals surface area contributed by atoms with Crippen molar-refractivity contribution in [1.82, 2.24) is 20.3 Å². The van der Waals surface area contributed by atoms with Gasteiger partial charge in [0.25, 0.3) is 0 Å². The third-order valence-corrected chi connectivity index (χ3v) is 8.46. The van der Waals surface area contributed by atoms with Crippen LogP contribution in [-0.2, 0) is 10.0 Å². The lowest BCUT2D eigenvalue weighted by Gasteiger charge is -2.20. The lowest BCUT2D eigenvalue weighted by atomic mass is 9.98. The second-order valence-electron chi connectivity index (χ2n) is 7.96. The van der Waals surface area contributed by atoms with Gasteiger partial charge in [-0.05, 0) is 44.5 Å². The van der Waals surface area contributed by atoms with Crippen LogP contribution in [0.3, 0.4) is 0 Å². The molecular weight excluding hydrogens is 499 g/mol. The van der Waals surface area contributed by atoms with Crippen LogP contribution in [-0.4, -0.2) is 43.5 Å². The Bertz CT molecular complexity index is 1250. The van der Waals surface area contributed by atoms with Gasteiger partial charge < -0.3 is 10.6 Å². The zero-order chi connectivity index (χ0) is 23.6. The maximum Gasteiger partial charge on any atom is 0.222 e. The van der Waals surface area contributed by atoms with Gasteiger partial charge in [-0.1, -0.05) is 19.1 Å². The standard InChI is InChI=1S/C22H27FN6O2S2.ClH/c1-3-17(33(24,30)31)14-5-4-6-15(18(14)23)19-20(16-9-12-27-22(25-2)28-16)32-21(29-19)13-7-10-26-11-8-13;/h4-6,9,12-13,17,26H,3,7-8,10-11H2,1-2H3,(H2,24,30,31)(H,25,27,28);1H. The summed E-state index contributed by atoms with van der Waals surface area (Å²) in [5.74, 6) is 0.0999. The zero-order valence-corrected chi connectivity index (χ0v) is 21.4. The summed E-state index contributed by atoms with van der Waals surface area (Å²) < 4.78 is 40.0. The molecule has 0 amide bonds. The Morgan fingerprint density at radius 3 is 2.65 bits per heavy atom. The molecule has 8 nitrogen and oxygen atoms in total. The molecule has 184 valence electrons. The van der Waals surface area contributed by atoms with Crippen molar-refractivity contribution in [2.24, 2.45) is 5.14 Å². The summed E-state index contributed by atoms with van der Waals surface area (Å²) in [6.07, 6.45) is 3.71. The first-order valence-corrected chi connectivity index (χ1v) is 13.3. The lowest BCUT2D eigenvalue weighted by molar-refractivity contribution is 0.459. The highest BCUT2D eigenvalue weighted by atomic mass is 35.5. The third kappa shape index (κ3) is 5.38. The predicted octanol–water partition coefficient (Wildman–Crippen LogP) is 4.08. The van der Waals surface area contributed by atoms with Crippen LogP contribution < -0.4 is 15.8 Å². The Hall–Kier alpha value is -2.18. The van der Waals surface area contributed by atoms with E-state index in [-0.39, 0.29) is 35.9 Å². The van der Waals surface area contributed by atoms with E-state index in [0.717, 1.165) is 35.8 Å². The van der Waals surface area contributed by atoms with Crippen molar-refractivity contribution in [3.63, 3.8) is 0 Å². The summed E-state index contributed by atoms with van der Waals surface area (Å²) in [6, 6.07) is 6.51. The smallest absolute Gasteiger partial charge is 0.222 e. The fraction of sp³-hybridized carbons (Fsp3) is 0.409. The van der Waals surface area contributed by atoms with Gasteiger partial charge in [0.05, 0.1) is 21.3 Å². The summed E-state index contributed by atoms with van der Waals surface area (Å²) in [6.45, 7) is 3.48. The van der Waals surface area contributed by atoms with Crippen LogP contribution in [0.4, 0.5) is 10.3 Å². The lowest BCUT2D eigenvalue weighted by Crippen LogP contribution is -2.26. The third-order valence-electron chi connectivity index (χ3n) is 5.84. The van der Waals surface area contributed by atoms with Gasteiger partial charge in [-0.2, -0.15) is 0 Å². The minimum Gasteiger partial charge on any atom is -0.357 e. The van der Waals surface area contributed by atoms with Gasteiger partial charge in [0.2, 0.25) is 16.0 Å². The number of nitrogens with one attached hydrogen (secondary N) is 2. The van der Waals surface area contributed by atoms with Gasteiger partial charge >= 0.3 is 0 Å². The van der Waals surface area contributed by atoms with Gasteiger partial charge in [-0.25, -0.2) is 32.9 Å². The molecule has 2 aromatic heterocycles. The Morgan fingerprint density at radius 1 is 1.26 bits per heavy atom. The number of primary sulfonamides is 1. The number of benzene rings is 1. The van der Waals surface area contributed by atoms with Gasteiger partial charge in [-0.3, -0.25) is 0 Å². The van der Waals surface area contributed by atoms with Crippen molar-refractivity contribution in [3.05, 3.63) is 46.9 Å². The van der Waals surface area contributed by atoms with Crippen molar-refractivity contribution in [1.29, 1.82) is 0 Å². The van der Waals surface area contributed by atoms with E-state index in [1.165, 1.54) is 17.4 Å². The van der Waals surface area contributed by atoms with Crippen LogP contribution in [0.2, 0.25) is 0 Å². The molecule has 0 saturated carbocycles. The number of sulfonamides is 1. The number of anilines is 1. The molecule has 0 spiro atoms. The molecule has 34 heavy (non-hydrogen) atoms. The molecule has 4 N–H and O–H groups in total. The van der Waals surface area contributed by atoms with Crippen LogP contribution in [0.25, 0.3) is 21.8 Å². The summed E-state index contributed by atoms with van der Waals surface area (Å²) >= 11 is 1.50. The molecule has 4 rings (SSSR count). The van der Waals surface area contributed by atoms with Crippen molar-refractivity contribution >= 4 is 39.7 Å². The number of thiazole rings is 1. The molecule has 1 aliphatic heterocycles. The zero-order valence-electron chi connectivity index (χ0n) is 18.9. The fourth-order valence-corrected chi connectivity index (χ4v) is 6.37. The van der Waals surface area contributed by atoms with Gasteiger partial charge in [0.15, 0.2) is 0 Å². The Morgan fingerprint density at radius 2 is 2.00 bits per heavy atom. The number of rotatable bonds is 7. The summed E-state index contributed by atoms with van der Waals surface area (Å²) in [5.41, 5.74) is 1.38. The largest absolute Gasteiger partial charge is 0.357 e. The van der Waals surface area contributed by atoms with Crippen molar-refractivity contribution < 1.29 is 12.8 Å². The average molecular weight is 527 g/mol.